The molecule has 0 radical (unpaired) electrons. The Balaban J connectivity index is 1.40. The van der Waals surface area contributed by atoms with E-state index >= 15 is 0 Å². The highest BCUT2D eigenvalue weighted by Gasteiger charge is 2.31. The maximum atomic E-state index is 13.7. The van der Waals surface area contributed by atoms with Crippen LogP contribution >= 0.6 is 0 Å². The number of hydrogen-bond donors (Lipinski definition) is 1. The van der Waals surface area contributed by atoms with Gasteiger partial charge in [0.1, 0.15) is 11.6 Å². The fourth-order valence-electron chi connectivity index (χ4n) is 5.10. The summed E-state index contributed by atoms with van der Waals surface area (Å²) in [6.07, 6.45) is 0.568. The summed E-state index contributed by atoms with van der Waals surface area (Å²) in [7, 11) is -3.89. The second-order valence-electron chi connectivity index (χ2n) is 9.79. The van der Waals surface area contributed by atoms with E-state index in [0.29, 0.717) is 87.3 Å². The summed E-state index contributed by atoms with van der Waals surface area (Å²) in [6, 6.07) is 4.56. The highest BCUT2D eigenvalue weighted by atomic mass is 32.2. The summed E-state index contributed by atoms with van der Waals surface area (Å²) in [5.41, 5.74) is 0.905. The summed E-state index contributed by atoms with van der Waals surface area (Å²) >= 11 is 0. The van der Waals surface area contributed by atoms with Crippen molar-refractivity contribution in [2.45, 2.75) is 32.1 Å². The molecule has 3 aromatic rings. The highest BCUT2D eigenvalue weighted by molar-refractivity contribution is 7.89. The number of nitrogens with zero attached hydrogens (tertiary/aromatic N) is 6. The number of carbonyl (C=O) groups is 1. The average molecular weight is 574 g/mol. The monoisotopic (exact) mass is 573 g/mol. The van der Waals surface area contributed by atoms with Gasteiger partial charge >= 0.3 is 0 Å². The largest absolute Gasteiger partial charge is 0.493 e. The number of ether oxygens (including phenoxy) is 2. The van der Waals surface area contributed by atoms with Crippen LogP contribution < -0.4 is 10.3 Å². The molecular weight excluding hydrogens is 538 g/mol. The minimum Gasteiger partial charge on any atom is -0.493 e. The standard InChI is InChI=1S/C26H35N7O6S/c1-4-22-27-18(3)24-26(35)28-25(29-33(22)24)20-16-19(6-7-21(20)39-5-2)40(36,37)32-10-8-31(9-11-32)23(34)17-30-12-14-38-15-13-30/h6-7,16H,4-5,8-15,17H2,1-3H3,(H,28,29,35). The van der Waals surface area contributed by atoms with Crippen LogP contribution in [0.2, 0.25) is 0 Å². The molecule has 0 spiro atoms. The number of aromatic amines is 1. The van der Waals surface area contributed by atoms with E-state index in [1.165, 1.54) is 21.0 Å². The third-order valence-corrected chi connectivity index (χ3v) is 9.15. The Labute approximate surface area is 232 Å². The van der Waals surface area contributed by atoms with Crippen LogP contribution in [0.1, 0.15) is 25.4 Å². The van der Waals surface area contributed by atoms with E-state index in [-0.39, 0.29) is 35.3 Å². The molecule has 2 aliphatic heterocycles. The minimum atomic E-state index is -3.89. The molecule has 1 N–H and O–H groups in total. The van der Waals surface area contributed by atoms with Gasteiger partial charge in [0.2, 0.25) is 15.9 Å². The third-order valence-electron chi connectivity index (χ3n) is 7.26. The van der Waals surface area contributed by atoms with Crippen LogP contribution in [0, 0.1) is 6.92 Å². The lowest BCUT2D eigenvalue weighted by atomic mass is 10.2. The molecule has 0 unspecified atom stereocenters. The van der Waals surface area contributed by atoms with Crippen molar-refractivity contribution in [3.8, 4) is 17.1 Å². The van der Waals surface area contributed by atoms with E-state index in [2.05, 4.69) is 20.0 Å². The van der Waals surface area contributed by atoms with Gasteiger partial charge in [-0.1, -0.05) is 6.92 Å². The van der Waals surface area contributed by atoms with Gasteiger partial charge in [0.05, 0.1) is 42.5 Å². The lowest BCUT2D eigenvalue weighted by Crippen LogP contribution is -2.53. The predicted octanol–water partition coefficient (Wildman–Crippen LogP) is 0.519. The van der Waals surface area contributed by atoms with Crippen LogP contribution in [0.3, 0.4) is 0 Å². The maximum Gasteiger partial charge on any atom is 0.277 e. The van der Waals surface area contributed by atoms with E-state index in [0.717, 1.165) is 0 Å². The normalized spacial score (nSPS) is 17.4. The van der Waals surface area contributed by atoms with Crippen LogP contribution in [0.4, 0.5) is 0 Å². The first-order valence-corrected chi connectivity index (χ1v) is 15.0. The number of hydrogen-bond acceptors (Lipinski definition) is 9. The molecule has 1 aromatic carbocycles. The Kier molecular flexibility index (Phi) is 8.21. The van der Waals surface area contributed by atoms with Gasteiger partial charge in [-0.2, -0.15) is 4.31 Å². The van der Waals surface area contributed by atoms with Crippen molar-refractivity contribution < 1.29 is 22.7 Å². The molecule has 0 aliphatic carbocycles. The maximum absolute atomic E-state index is 13.7. The van der Waals surface area contributed by atoms with E-state index in [4.69, 9.17) is 9.47 Å². The van der Waals surface area contributed by atoms with E-state index < -0.39 is 10.0 Å². The van der Waals surface area contributed by atoms with Gasteiger partial charge in [0.25, 0.3) is 5.56 Å². The van der Waals surface area contributed by atoms with Crippen LogP contribution in [0.15, 0.2) is 27.9 Å². The second-order valence-corrected chi connectivity index (χ2v) is 11.7. The number of morpholine rings is 1. The number of imidazole rings is 1. The number of sulfonamides is 1. The summed E-state index contributed by atoms with van der Waals surface area (Å²) in [4.78, 5) is 36.8. The lowest BCUT2D eigenvalue weighted by molar-refractivity contribution is -0.134. The predicted molar refractivity (Wildman–Crippen MR) is 147 cm³/mol. The Morgan fingerprint density at radius 2 is 1.82 bits per heavy atom. The number of aryl methyl sites for hydroxylation is 2. The highest BCUT2D eigenvalue weighted by Crippen LogP contribution is 2.31. The number of benzene rings is 1. The molecule has 5 rings (SSSR count). The summed E-state index contributed by atoms with van der Waals surface area (Å²) in [5, 5.41) is 4.61. The molecule has 2 aliphatic rings. The zero-order valence-corrected chi connectivity index (χ0v) is 23.9. The van der Waals surface area contributed by atoms with Crippen molar-refractivity contribution in [3.63, 3.8) is 0 Å². The summed E-state index contributed by atoms with van der Waals surface area (Å²) < 4.78 is 41.3. The number of aromatic nitrogens is 4. The van der Waals surface area contributed by atoms with E-state index in [9.17, 15) is 18.0 Å². The molecule has 2 aromatic heterocycles. The molecule has 4 heterocycles. The van der Waals surface area contributed by atoms with Crippen molar-refractivity contribution in [2.75, 3.05) is 65.6 Å². The number of rotatable bonds is 8. The first-order valence-electron chi connectivity index (χ1n) is 13.6. The van der Waals surface area contributed by atoms with E-state index in [1.807, 2.05) is 13.8 Å². The SMILES string of the molecule is CCOc1ccc(S(=O)(=O)N2CCN(C(=O)CN3CCOCC3)CC2)cc1-c1nn2c(CC)nc(C)c2c(=O)[nH]1. The zero-order chi connectivity index (χ0) is 28.4. The fourth-order valence-corrected chi connectivity index (χ4v) is 6.55. The molecule has 2 saturated heterocycles. The van der Waals surface area contributed by atoms with Crippen LogP contribution in [-0.4, -0.2) is 114 Å². The Morgan fingerprint density at radius 3 is 2.50 bits per heavy atom. The first kappa shape index (κ1) is 28.2. The Morgan fingerprint density at radius 1 is 1.10 bits per heavy atom. The van der Waals surface area contributed by atoms with Gasteiger partial charge in [0.15, 0.2) is 11.3 Å². The third kappa shape index (κ3) is 5.48. The number of fused-ring (bicyclic) bond motifs is 1. The van der Waals surface area contributed by atoms with Crippen LogP contribution in [0.25, 0.3) is 16.9 Å². The number of H-pyrrole nitrogens is 1. The van der Waals surface area contributed by atoms with Gasteiger partial charge in [-0.05, 0) is 32.0 Å². The molecule has 216 valence electrons. The Bertz CT molecular complexity index is 1550. The Hall–Kier alpha value is -3.33. The van der Waals surface area contributed by atoms with Crippen molar-refractivity contribution in [2.24, 2.45) is 0 Å². The molecule has 0 saturated carbocycles. The van der Waals surface area contributed by atoms with Crippen molar-refractivity contribution in [1.82, 2.24) is 33.7 Å². The van der Waals surface area contributed by atoms with Gasteiger partial charge in [-0.25, -0.2) is 17.9 Å². The van der Waals surface area contributed by atoms with Crippen molar-refractivity contribution >= 4 is 21.4 Å². The first-order chi connectivity index (χ1) is 19.2. The molecule has 40 heavy (non-hydrogen) atoms. The quantitative estimate of drug-likeness (QED) is 0.408. The van der Waals surface area contributed by atoms with Gasteiger partial charge in [0, 0.05) is 45.7 Å². The molecule has 14 heteroatoms. The van der Waals surface area contributed by atoms with Crippen LogP contribution in [-0.2, 0) is 26.0 Å². The van der Waals surface area contributed by atoms with Crippen molar-refractivity contribution in [3.05, 3.63) is 40.1 Å². The van der Waals surface area contributed by atoms with Gasteiger partial charge in [-0.15, -0.1) is 5.10 Å². The number of piperazine rings is 1. The lowest BCUT2D eigenvalue weighted by Gasteiger charge is -2.35. The van der Waals surface area contributed by atoms with Gasteiger partial charge in [-0.3, -0.25) is 14.5 Å². The molecule has 0 atom stereocenters. The molecule has 13 nitrogen and oxygen atoms in total. The molecular formula is C26H35N7O6S. The van der Waals surface area contributed by atoms with Gasteiger partial charge < -0.3 is 19.4 Å². The minimum absolute atomic E-state index is 0.00564. The topological polar surface area (TPSA) is 142 Å². The number of nitrogens with one attached hydrogen (secondary N) is 1. The average Bonchev–Trinajstić information content (AvgIpc) is 3.29. The molecule has 0 bridgehead atoms. The van der Waals surface area contributed by atoms with Crippen LogP contribution in [0.5, 0.6) is 5.75 Å². The molecule has 2 fully saturated rings. The fraction of sp³-hybridized carbons (Fsp3) is 0.538. The molecule has 1 amide bonds. The summed E-state index contributed by atoms with van der Waals surface area (Å²) in [5.74, 6) is 1.21. The summed E-state index contributed by atoms with van der Waals surface area (Å²) in [6.45, 7) is 9.82. The second kappa shape index (κ2) is 11.6. The van der Waals surface area contributed by atoms with Crippen molar-refractivity contribution in [1.29, 1.82) is 0 Å². The number of carbonyl (C=O) groups excluding carboxylic acids is 1. The zero-order valence-electron chi connectivity index (χ0n) is 23.1. The number of amides is 1. The van der Waals surface area contributed by atoms with E-state index in [1.54, 1.807) is 17.9 Å². The smallest absolute Gasteiger partial charge is 0.277 e.